The molecule has 1 aliphatic heterocycles. The molecule has 2 aromatic carbocycles. The number of anilines is 2. The second kappa shape index (κ2) is 8.31. The summed E-state index contributed by atoms with van der Waals surface area (Å²) in [6, 6.07) is 17.6. The Labute approximate surface area is 170 Å². The Morgan fingerprint density at radius 3 is 2.79 bits per heavy atom. The lowest BCUT2D eigenvalue weighted by Gasteiger charge is -2.22. The standard InChI is InChI=1S/C23H24N4O2/c1-3-27(22(28)19-11-7-10-18-13-15-29-21(18)19)20-12-14-24-23(26-20)25-16(2)17-8-5-4-6-9-17/h4-12,14,16H,3,13,15H2,1-2H3,(H,24,25,26)/t16-/m0/s1. The van der Waals surface area contributed by atoms with Gasteiger partial charge in [0.25, 0.3) is 5.91 Å². The van der Waals surface area contributed by atoms with Gasteiger partial charge >= 0.3 is 0 Å². The van der Waals surface area contributed by atoms with Crippen molar-refractivity contribution in [2.24, 2.45) is 0 Å². The van der Waals surface area contributed by atoms with E-state index in [0.29, 0.717) is 36.2 Å². The van der Waals surface area contributed by atoms with Crippen molar-refractivity contribution < 1.29 is 9.53 Å². The summed E-state index contributed by atoms with van der Waals surface area (Å²) in [6.45, 7) is 5.10. The molecule has 1 aromatic heterocycles. The normalized spacial score (nSPS) is 13.3. The lowest BCUT2D eigenvalue weighted by atomic mass is 10.1. The molecule has 0 unspecified atom stereocenters. The number of carbonyl (C=O) groups excluding carboxylic acids is 1. The third-order valence-electron chi connectivity index (χ3n) is 5.07. The summed E-state index contributed by atoms with van der Waals surface area (Å²) in [7, 11) is 0. The summed E-state index contributed by atoms with van der Waals surface area (Å²) < 4.78 is 5.71. The van der Waals surface area contributed by atoms with Gasteiger partial charge in [-0.2, -0.15) is 4.98 Å². The third-order valence-corrected chi connectivity index (χ3v) is 5.07. The molecule has 148 valence electrons. The van der Waals surface area contributed by atoms with Gasteiger partial charge in [0.1, 0.15) is 11.6 Å². The topological polar surface area (TPSA) is 67.4 Å². The molecule has 6 nitrogen and oxygen atoms in total. The van der Waals surface area contributed by atoms with E-state index in [-0.39, 0.29) is 11.9 Å². The molecule has 6 heteroatoms. The molecule has 0 fully saturated rings. The van der Waals surface area contributed by atoms with Crippen molar-refractivity contribution >= 4 is 17.7 Å². The van der Waals surface area contributed by atoms with Crippen LogP contribution >= 0.6 is 0 Å². The molecule has 1 atom stereocenters. The van der Waals surface area contributed by atoms with Crippen LogP contribution < -0.4 is 15.0 Å². The molecule has 1 amide bonds. The Bertz CT molecular complexity index is 1010. The third kappa shape index (κ3) is 3.92. The first kappa shape index (κ1) is 18.9. The van der Waals surface area contributed by atoms with E-state index in [1.54, 1.807) is 17.2 Å². The number of aromatic nitrogens is 2. The molecule has 29 heavy (non-hydrogen) atoms. The largest absolute Gasteiger partial charge is 0.492 e. The summed E-state index contributed by atoms with van der Waals surface area (Å²) in [5.41, 5.74) is 2.79. The zero-order valence-corrected chi connectivity index (χ0v) is 16.6. The van der Waals surface area contributed by atoms with Crippen LogP contribution in [-0.2, 0) is 6.42 Å². The number of hydrogen-bond acceptors (Lipinski definition) is 5. The van der Waals surface area contributed by atoms with Crippen LogP contribution in [0.1, 0.15) is 41.4 Å². The van der Waals surface area contributed by atoms with E-state index in [4.69, 9.17) is 4.74 Å². The van der Waals surface area contributed by atoms with Crippen LogP contribution in [0.3, 0.4) is 0 Å². The van der Waals surface area contributed by atoms with Gasteiger partial charge < -0.3 is 10.1 Å². The average molecular weight is 388 g/mol. The van der Waals surface area contributed by atoms with Crippen molar-refractivity contribution in [3.63, 3.8) is 0 Å². The van der Waals surface area contributed by atoms with Crippen LogP contribution in [0.15, 0.2) is 60.8 Å². The van der Waals surface area contributed by atoms with Gasteiger partial charge in [0.05, 0.1) is 18.2 Å². The molecule has 0 saturated heterocycles. The molecule has 0 aliphatic carbocycles. The van der Waals surface area contributed by atoms with Crippen molar-refractivity contribution in [3.8, 4) is 5.75 Å². The predicted molar refractivity (Wildman–Crippen MR) is 114 cm³/mol. The highest BCUT2D eigenvalue weighted by atomic mass is 16.5. The molecule has 0 spiro atoms. The zero-order valence-electron chi connectivity index (χ0n) is 16.6. The predicted octanol–water partition coefficient (Wildman–Crippen LogP) is 4.25. The van der Waals surface area contributed by atoms with E-state index in [0.717, 1.165) is 17.5 Å². The summed E-state index contributed by atoms with van der Waals surface area (Å²) in [4.78, 5) is 23.8. The van der Waals surface area contributed by atoms with Crippen molar-refractivity contribution in [2.75, 3.05) is 23.4 Å². The van der Waals surface area contributed by atoms with Crippen LogP contribution in [0.4, 0.5) is 11.8 Å². The van der Waals surface area contributed by atoms with E-state index in [2.05, 4.69) is 34.3 Å². The first-order valence-corrected chi connectivity index (χ1v) is 9.88. The molecular weight excluding hydrogens is 364 g/mol. The lowest BCUT2D eigenvalue weighted by molar-refractivity contribution is 0.0984. The number of nitrogens with zero attached hydrogens (tertiary/aromatic N) is 3. The fourth-order valence-corrected chi connectivity index (χ4v) is 3.53. The molecule has 4 rings (SSSR count). The Morgan fingerprint density at radius 1 is 1.17 bits per heavy atom. The van der Waals surface area contributed by atoms with E-state index in [1.807, 2.05) is 43.3 Å². The van der Waals surface area contributed by atoms with Crippen LogP contribution in [0.25, 0.3) is 0 Å². The molecule has 0 saturated carbocycles. The first-order chi connectivity index (χ1) is 14.2. The minimum absolute atomic E-state index is 0.0445. The molecule has 1 N–H and O–H groups in total. The fraction of sp³-hybridized carbons (Fsp3) is 0.261. The van der Waals surface area contributed by atoms with Crippen LogP contribution in [0.2, 0.25) is 0 Å². The number of fused-ring (bicyclic) bond motifs is 1. The van der Waals surface area contributed by atoms with Gasteiger partial charge in [-0.25, -0.2) is 4.98 Å². The van der Waals surface area contributed by atoms with Crippen molar-refractivity contribution in [3.05, 3.63) is 77.5 Å². The van der Waals surface area contributed by atoms with E-state index >= 15 is 0 Å². The lowest BCUT2D eigenvalue weighted by Crippen LogP contribution is -2.32. The fourth-order valence-electron chi connectivity index (χ4n) is 3.53. The summed E-state index contributed by atoms with van der Waals surface area (Å²) in [6.07, 6.45) is 2.51. The number of nitrogens with one attached hydrogen (secondary N) is 1. The molecule has 1 aliphatic rings. The molecule has 2 heterocycles. The minimum Gasteiger partial charge on any atom is -0.492 e. The maximum absolute atomic E-state index is 13.3. The number of para-hydroxylation sites is 1. The van der Waals surface area contributed by atoms with Gasteiger partial charge in [0.15, 0.2) is 0 Å². The van der Waals surface area contributed by atoms with Crippen LogP contribution in [0, 0.1) is 0 Å². The number of ether oxygens (including phenoxy) is 1. The van der Waals surface area contributed by atoms with Crippen molar-refractivity contribution in [1.29, 1.82) is 0 Å². The highest BCUT2D eigenvalue weighted by molar-refractivity contribution is 6.07. The Kier molecular flexibility index (Phi) is 5.42. The Hall–Kier alpha value is -3.41. The highest BCUT2D eigenvalue weighted by Gasteiger charge is 2.25. The zero-order chi connectivity index (χ0) is 20.2. The molecule has 0 bridgehead atoms. The molecular formula is C23H24N4O2. The van der Waals surface area contributed by atoms with Crippen molar-refractivity contribution in [2.45, 2.75) is 26.3 Å². The highest BCUT2D eigenvalue weighted by Crippen LogP contribution is 2.31. The van der Waals surface area contributed by atoms with Crippen LogP contribution in [-0.4, -0.2) is 29.0 Å². The van der Waals surface area contributed by atoms with E-state index < -0.39 is 0 Å². The number of amides is 1. The van der Waals surface area contributed by atoms with Gasteiger partial charge in [-0.3, -0.25) is 9.69 Å². The van der Waals surface area contributed by atoms with Crippen molar-refractivity contribution in [1.82, 2.24) is 9.97 Å². The number of hydrogen-bond donors (Lipinski definition) is 1. The number of benzene rings is 2. The monoisotopic (exact) mass is 388 g/mol. The van der Waals surface area contributed by atoms with E-state index in [1.165, 1.54) is 0 Å². The van der Waals surface area contributed by atoms with Crippen LogP contribution in [0.5, 0.6) is 5.75 Å². The minimum atomic E-state index is -0.119. The Morgan fingerprint density at radius 2 is 2.00 bits per heavy atom. The number of rotatable bonds is 6. The summed E-state index contributed by atoms with van der Waals surface area (Å²) in [5, 5.41) is 3.31. The van der Waals surface area contributed by atoms with Gasteiger partial charge in [-0.1, -0.05) is 42.5 Å². The second-order valence-corrected chi connectivity index (χ2v) is 6.96. The summed E-state index contributed by atoms with van der Waals surface area (Å²) in [5.74, 6) is 1.62. The SMILES string of the molecule is CCN(C(=O)c1cccc2c1OCC2)c1ccnc(N[C@@H](C)c2ccccc2)n1. The van der Waals surface area contributed by atoms with Gasteiger partial charge in [0.2, 0.25) is 5.95 Å². The average Bonchev–Trinajstić information content (AvgIpc) is 3.24. The van der Waals surface area contributed by atoms with E-state index in [9.17, 15) is 4.79 Å². The quantitative estimate of drug-likeness (QED) is 0.684. The maximum Gasteiger partial charge on any atom is 0.263 e. The Balaban J connectivity index is 1.58. The number of carbonyl (C=O) groups is 1. The summed E-state index contributed by atoms with van der Waals surface area (Å²) >= 11 is 0. The molecule has 0 radical (unpaired) electrons. The first-order valence-electron chi connectivity index (χ1n) is 9.88. The van der Waals surface area contributed by atoms with Gasteiger partial charge in [0, 0.05) is 19.2 Å². The smallest absolute Gasteiger partial charge is 0.263 e. The van der Waals surface area contributed by atoms with Gasteiger partial charge in [-0.05, 0) is 37.1 Å². The second-order valence-electron chi connectivity index (χ2n) is 6.96. The molecule has 3 aromatic rings. The maximum atomic E-state index is 13.3. The van der Waals surface area contributed by atoms with Gasteiger partial charge in [-0.15, -0.1) is 0 Å².